The zero-order valence-electron chi connectivity index (χ0n) is 81.2. The molecule has 0 spiro atoms. The molecule has 0 N–H and O–H groups in total. The van der Waals surface area contributed by atoms with Crippen LogP contribution in [-0.2, 0) is 76.0 Å². The highest BCUT2D eigenvalue weighted by molar-refractivity contribution is 5.70. The molecule has 0 bridgehead atoms. The van der Waals surface area contributed by atoms with Crippen molar-refractivity contribution in [1.29, 1.82) is 0 Å². The average molecular weight is 1760 g/mol. The van der Waals surface area contributed by atoms with E-state index in [2.05, 4.69) is 145 Å². The van der Waals surface area contributed by atoms with Gasteiger partial charge in [-0.25, -0.2) is 9.59 Å². The van der Waals surface area contributed by atoms with Crippen LogP contribution >= 0.6 is 0 Å². The zero-order chi connectivity index (χ0) is 91.1. The molecule has 1 heterocycles. The largest absolute Gasteiger partial charge is 0.508 e. The number of carbonyl (C=O) groups is 6. The van der Waals surface area contributed by atoms with Crippen molar-refractivity contribution in [3.8, 4) is 0 Å². The van der Waals surface area contributed by atoms with E-state index >= 15 is 0 Å². The molecule has 0 aliphatic carbocycles. The maximum atomic E-state index is 13.0. The lowest BCUT2D eigenvalue weighted by Crippen LogP contribution is -2.37. The summed E-state index contributed by atoms with van der Waals surface area (Å²) in [5, 5.41) is 0. The van der Waals surface area contributed by atoms with Crippen molar-refractivity contribution in [2.45, 2.75) is 402 Å². The molecule has 125 heavy (non-hydrogen) atoms. The summed E-state index contributed by atoms with van der Waals surface area (Å²) < 4.78 is 68.1. The predicted octanol–water partition coefficient (Wildman–Crippen LogP) is 27.2. The first-order chi connectivity index (χ1) is 61.3. The van der Waals surface area contributed by atoms with Gasteiger partial charge in [-0.2, -0.15) is 0 Å². The van der Waals surface area contributed by atoms with Crippen molar-refractivity contribution in [3.63, 3.8) is 0 Å². The highest BCUT2D eigenvalue weighted by atomic mass is 16.7. The first kappa shape index (κ1) is 119. The molecule has 20 heteroatoms. The quantitative estimate of drug-likeness (QED) is 0.0182. The van der Waals surface area contributed by atoms with Crippen molar-refractivity contribution in [1.82, 2.24) is 9.80 Å². The van der Waals surface area contributed by atoms with Crippen molar-refractivity contribution >= 4 is 36.2 Å². The van der Waals surface area contributed by atoms with Gasteiger partial charge in [-0.1, -0.05) is 301 Å². The van der Waals surface area contributed by atoms with Gasteiger partial charge in [-0.3, -0.25) is 19.2 Å². The number of unbranched alkanes of at least 4 members (excludes halogenated alkanes) is 32. The Morgan fingerprint density at radius 1 is 0.320 bits per heavy atom. The fourth-order valence-electron chi connectivity index (χ4n) is 13.8. The van der Waals surface area contributed by atoms with Crippen LogP contribution in [0.3, 0.4) is 0 Å². The molecule has 1 saturated heterocycles. The normalized spacial score (nSPS) is 13.9. The second kappa shape index (κ2) is 95.7. The van der Waals surface area contributed by atoms with Crippen molar-refractivity contribution < 1.29 is 85.6 Å². The number of hydrogen-bond donors (Lipinski definition) is 0. The Bertz CT molecular complexity index is 2640. The van der Waals surface area contributed by atoms with Crippen LogP contribution in [0.4, 0.5) is 9.59 Å². The van der Waals surface area contributed by atoms with E-state index in [0.717, 1.165) is 168 Å². The fraction of sp³-hybridized carbons (Fsp3) is 0.790. The van der Waals surface area contributed by atoms with Gasteiger partial charge in [0.25, 0.3) is 0 Å². The molecule has 0 amide bonds. The molecule has 1 aliphatic heterocycles. The number of nitrogens with zero attached hydrogens (tertiary/aromatic N) is 2. The standard InChI is InChI=1S/C53H93NO9.C52H93NO9/c1-5-9-12-15-18-19-20-21-22-23-24-25-26-29-32-37-50(55)60-45-49(47-63-53(57)62-44-48-36-35-40-54(8-4)43-48)46-61-51(56)38-39-52(58-41-33-30-27-16-13-10-6-2)59-42-34-31-28-17-14-11-7-3;1-6-11-14-17-20-21-22-23-24-25-26-27-28-31-34-38-49(54)60-45-48(47-62-52(56)59-44-37-41-53(9-4)10-5)46-61-50(55)39-40-51(57-42-35-32-29-18-15-12-7-2)58-43-36-33-30-19-16-13-8-3/h18-19,21-22,30-31,33-34,48-49,52H,5-17,20,23-29,32,35-47H2,1-4H3;20-21,23-24,32-33,35-36,48,51H,6-19,22,25-31,34,37-47H2,1-5H3/b19-18-,22-21-,33-30+,34-31+;21-20-,24-23-,35-32+,36-33+. The molecule has 3 unspecified atom stereocenters. The van der Waals surface area contributed by atoms with Crippen molar-refractivity contribution in [3.05, 3.63) is 97.2 Å². The summed E-state index contributed by atoms with van der Waals surface area (Å²) in [6.07, 6.45) is 84.3. The van der Waals surface area contributed by atoms with E-state index in [1.54, 1.807) is 0 Å². The molecular formula is C105H186N2O18. The third-order valence-corrected chi connectivity index (χ3v) is 21.9. The number of rotatable bonds is 87. The average Bonchev–Trinajstić information content (AvgIpc) is 0.912. The fourth-order valence-corrected chi connectivity index (χ4v) is 13.8. The van der Waals surface area contributed by atoms with E-state index in [1.165, 1.54) is 154 Å². The number of hydrogen-bond acceptors (Lipinski definition) is 20. The molecule has 1 fully saturated rings. The second-order valence-corrected chi connectivity index (χ2v) is 33.5. The number of esters is 4. The SMILES string of the molecule is CCCCC/C=C\C/C=C\CCCCCCCC(=O)OCC(COC(=O)CCC(OC/C=C/CCCCCC)OC/C=C/CCCCCC)COC(=O)OCC1CCCN(CC)C1.CCCCC/C=C\C/C=C\CCCCCCCC(=O)OCC(COC(=O)CCC(OC/C=C/CCCCCC)OC/C=C/CCCCCC)COC(=O)OCCCN(CC)CC. The highest BCUT2D eigenvalue weighted by Crippen LogP contribution is 2.20. The van der Waals surface area contributed by atoms with Crippen molar-refractivity contribution in [2.24, 2.45) is 17.8 Å². The molecule has 0 saturated carbocycles. The lowest BCUT2D eigenvalue weighted by atomic mass is 9.99. The van der Waals surface area contributed by atoms with E-state index in [1.807, 2.05) is 24.3 Å². The first-order valence-electron chi connectivity index (χ1n) is 50.6. The van der Waals surface area contributed by atoms with Crippen LogP contribution in [0, 0.1) is 17.8 Å². The maximum Gasteiger partial charge on any atom is 0.508 e. The molecule has 0 aromatic rings. The number of ether oxygens (including phenoxy) is 12. The molecule has 20 nitrogen and oxygen atoms in total. The Hall–Kier alpha value is -5.90. The molecular weight excluding hydrogens is 1580 g/mol. The van der Waals surface area contributed by atoms with E-state index in [0.29, 0.717) is 65.1 Å². The molecule has 724 valence electrons. The third-order valence-electron chi connectivity index (χ3n) is 21.9. The summed E-state index contributed by atoms with van der Waals surface area (Å²) in [4.78, 5) is 81.0. The smallest absolute Gasteiger partial charge is 0.465 e. The van der Waals surface area contributed by atoms with Crippen LogP contribution in [0.2, 0.25) is 0 Å². The number of piperidine rings is 1. The van der Waals surface area contributed by atoms with Crippen LogP contribution in [0.15, 0.2) is 97.2 Å². The Labute approximate surface area is 763 Å². The van der Waals surface area contributed by atoms with E-state index in [4.69, 9.17) is 56.8 Å². The van der Waals surface area contributed by atoms with E-state index < -0.39 is 48.7 Å². The summed E-state index contributed by atoms with van der Waals surface area (Å²) in [6, 6.07) is 0. The van der Waals surface area contributed by atoms with Crippen LogP contribution in [0.5, 0.6) is 0 Å². The first-order valence-corrected chi connectivity index (χ1v) is 50.6. The Balaban J connectivity index is 0.00000246. The van der Waals surface area contributed by atoms with Gasteiger partial charge in [0.1, 0.15) is 39.6 Å². The van der Waals surface area contributed by atoms with Crippen LogP contribution in [0.25, 0.3) is 0 Å². The van der Waals surface area contributed by atoms with Gasteiger partial charge >= 0.3 is 36.2 Å². The number of carbonyl (C=O) groups excluding carboxylic acids is 6. The minimum absolute atomic E-state index is 0.0296. The van der Waals surface area contributed by atoms with Crippen molar-refractivity contribution in [2.75, 3.05) is 119 Å². The Morgan fingerprint density at radius 2 is 0.616 bits per heavy atom. The van der Waals surface area contributed by atoms with E-state index in [-0.39, 0.29) is 76.9 Å². The van der Waals surface area contributed by atoms with Crippen LogP contribution in [0.1, 0.15) is 390 Å². The summed E-state index contributed by atoms with van der Waals surface area (Å²) in [7, 11) is 0. The molecule has 3 atom stereocenters. The van der Waals surface area contributed by atoms with Gasteiger partial charge < -0.3 is 66.6 Å². The van der Waals surface area contributed by atoms with Gasteiger partial charge in [0.2, 0.25) is 0 Å². The monoisotopic (exact) mass is 1760 g/mol. The minimum Gasteiger partial charge on any atom is -0.465 e. The van der Waals surface area contributed by atoms with Gasteiger partial charge in [0.05, 0.1) is 64.3 Å². The summed E-state index contributed by atoms with van der Waals surface area (Å²) in [5.41, 5.74) is 0. The summed E-state index contributed by atoms with van der Waals surface area (Å²) in [5.74, 6) is -2.27. The topological polar surface area (TPSA) is 220 Å². The predicted molar refractivity (Wildman–Crippen MR) is 513 cm³/mol. The second-order valence-electron chi connectivity index (χ2n) is 33.5. The Morgan fingerprint density at radius 3 is 0.960 bits per heavy atom. The highest BCUT2D eigenvalue weighted by Gasteiger charge is 2.25. The third kappa shape index (κ3) is 85.9. The maximum absolute atomic E-state index is 13.0. The lowest BCUT2D eigenvalue weighted by Gasteiger charge is -2.31. The van der Waals surface area contributed by atoms with E-state index in [9.17, 15) is 28.8 Å². The summed E-state index contributed by atoms with van der Waals surface area (Å²) >= 11 is 0. The van der Waals surface area contributed by atoms with Crippen LogP contribution in [-0.4, -0.2) is 177 Å². The minimum atomic E-state index is -0.792. The lowest BCUT2D eigenvalue weighted by molar-refractivity contribution is -0.157. The Kier molecular flexibility index (Phi) is 91.2. The zero-order valence-corrected chi connectivity index (χ0v) is 81.2. The van der Waals surface area contributed by atoms with Crippen LogP contribution < -0.4 is 0 Å². The summed E-state index contributed by atoms with van der Waals surface area (Å²) in [6.45, 7) is 27.0. The molecule has 1 aliphatic rings. The van der Waals surface area contributed by atoms with Gasteiger partial charge in [0.15, 0.2) is 12.6 Å². The molecule has 1 rings (SSSR count). The number of allylic oxidation sites excluding steroid dienone is 12. The van der Waals surface area contributed by atoms with Gasteiger partial charge in [0, 0.05) is 44.7 Å². The molecule has 0 aromatic carbocycles. The molecule has 0 aromatic heterocycles. The van der Waals surface area contributed by atoms with Gasteiger partial charge in [-0.05, 0) is 174 Å². The molecule has 0 radical (unpaired) electrons. The van der Waals surface area contributed by atoms with Gasteiger partial charge in [-0.15, -0.1) is 0 Å². The number of likely N-dealkylation sites (tertiary alicyclic amines) is 1.